The van der Waals surface area contributed by atoms with Crippen LogP contribution >= 0.6 is 0 Å². The second kappa shape index (κ2) is 6.39. The van der Waals surface area contributed by atoms with Crippen molar-refractivity contribution in [2.45, 2.75) is 52.0 Å². The molecule has 2 N–H and O–H groups in total. The quantitative estimate of drug-likeness (QED) is 0.895. The van der Waals surface area contributed by atoms with Crippen molar-refractivity contribution in [1.29, 1.82) is 0 Å². The van der Waals surface area contributed by atoms with Gasteiger partial charge in [-0.15, -0.1) is 0 Å². The van der Waals surface area contributed by atoms with E-state index >= 15 is 0 Å². The van der Waals surface area contributed by atoms with Gasteiger partial charge in [-0.3, -0.25) is 0 Å². The molecule has 5 nitrogen and oxygen atoms in total. The van der Waals surface area contributed by atoms with Gasteiger partial charge in [0, 0.05) is 12.0 Å². The molecular formula is C15H26N4O. The van der Waals surface area contributed by atoms with Crippen molar-refractivity contribution in [3.63, 3.8) is 0 Å². The Bertz CT molecular complexity index is 461. The standard InChI is InChI=1S/C15H26N4O/c1-10(2)14-17-13(16)11(3)15(18-14)20-9-7-12-6-5-8-19(12)4/h10,12H,5-9H2,1-4H3,(H2,16,17,18). The van der Waals surface area contributed by atoms with Gasteiger partial charge in [-0.05, 0) is 39.8 Å². The summed E-state index contributed by atoms with van der Waals surface area (Å²) in [6.45, 7) is 7.91. The number of rotatable bonds is 5. The van der Waals surface area contributed by atoms with Crippen molar-refractivity contribution in [3.05, 3.63) is 11.4 Å². The van der Waals surface area contributed by atoms with Crippen LogP contribution in [0, 0.1) is 6.92 Å². The molecule has 0 aromatic carbocycles. The van der Waals surface area contributed by atoms with Crippen molar-refractivity contribution >= 4 is 5.82 Å². The third-order valence-electron chi connectivity index (χ3n) is 4.03. The van der Waals surface area contributed by atoms with Crippen LogP contribution in [0.5, 0.6) is 5.88 Å². The van der Waals surface area contributed by atoms with Crippen molar-refractivity contribution in [3.8, 4) is 5.88 Å². The van der Waals surface area contributed by atoms with Crippen LogP contribution in [-0.4, -0.2) is 41.1 Å². The molecule has 1 aromatic heterocycles. The second-order valence-electron chi connectivity index (χ2n) is 5.97. The van der Waals surface area contributed by atoms with Crippen LogP contribution in [0.4, 0.5) is 5.82 Å². The smallest absolute Gasteiger partial charge is 0.221 e. The lowest BCUT2D eigenvalue weighted by molar-refractivity contribution is 0.227. The molecule has 1 unspecified atom stereocenters. The molecule has 0 spiro atoms. The molecule has 112 valence electrons. The minimum Gasteiger partial charge on any atom is -0.477 e. The van der Waals surface area contributed by atoms with E-state index in [1.807, 2.05) is 6.92 Å². The van der Waals surface area contributed by atoms with Crippen LogP contribution in [0.1, 0.15) is 50.4 Å². The van der Waals surface area contributed by atoms with E-state index in [1.165, 1.54) is 19.4 Å². The number of hydrogen-bond acceptors (Lipinski definition) is 5. The average molecular weight is 278 g/mol. The number of aromatic nitrogens is 2. The molecule has 1 saturated heterocycles. The Morgan fingerprint density at radius 1 is 1.40 bits per heavy atom. The summed E-state index contributed by atoms with van der Waals surface area (Å²) in [5.74, 6) is 2.17. The molecular weight excluding hydrogens is 252 g/mol. The molecule has 0 bridgehead atoms. The largest absolute Gasteiger partial charge is 0.477 e. The topological polar surface area (TPSA) is 64.3 Å². The molecule has 1 fully saturated rings. The van der Waals surface area contributed by atoms with Crippen molar-refractivity contribution in [1.82, 2.24) is 14.9 Å². The fourth-order valence-electron chi connectivity index (χ4n) is 2.56. The molecule has 0 radical (unpaired) electrons. The van der Waals surface area contributed by atoms with Gasteiger partial charge in [-0.25, -0.2) is 4.98 Å². The maximum Gasteiger partial charge on any atom is 0.221 e. The molecule has 5 heteroatoms. The van der Waals surface area contributed by atoms with Crippen LogP contribution < -0.4 is 10.5 Å². The van der Waals surface area contributed by atoms with Gasteiger partial charge >= 0.3 is 0 Å². The Morgan fingerprint density at radius 2 is 2.15 bits per heavy atom. The zero-order chi connectivity index (χ0) is 14.7. The molecule has 20 heavy (non-hydrogen) atoms. The maximum atomic E-state index is 5.94. The number of likely N-dealkylation sites (tertiary alicyclic amines) is 1. The molecule has 1 aliphatic heterocycles. The van der Waals surface area contributed by atoms with Crippen LogP contribution in [0.25, 0.3) is 0 Å². The highest BCUT2D eigenvalue weighted by Gasteiger charge is 2.21. The minimum atomic E-state index is 0.251. The molecule has 1 aromatic rings. The van der Waals surface area contributed by atoms with Gasteiger partial charge in [0.2, 0.25) is 5.88 Å². The molecule has 2 heterocycles. The fourth-order valence-corrected chi connectivity index (χ4v) is 2.56. The number of hydrogen-bond donors (Lipinski definition) is 1. The van der Waals surface area contributed by atoms with E-state index in [0.29, 0.717) is 24.3 Å². The highest BCUT2D eigenvalue weighted by atomic mass is 16.5. The number of nitrogens with two attached hydrogens (primary N) is 1. The minimum absolute atomic E-state index is 0.251. The fraction of sp³-hybridized carbons (Fsp3) is 0.733. The number of nitrogen functional groups attached to an aromatic ring is 1. The SMILES string of the molecule is Cc1c(N)nc(C(C)C)nc1OCCC1CCCN1C. The van der Waals surface area contributed by atoms with E-state index in [4.69, 9.17) is 10.5 Å². The van der Waals surface area contributed by atoms with Crippen LogP contribution in [0.2, 0.25) is 0 Å². The van der Waals surface area contributed by atoms with Crippen molar-refractivity contribution in [2.75, 3.05) is 25.9 Å². The first-order chi connectivity index (χ1) is 9.49. The lowest BCUT2D eigenvalue weighted by Gasteiger charge is -2.19. The van der Waals surface area contributed by atoms with Gasteiger partial charge in [-0.1, -0.05) is 13.8 Å². The number of nitrogens with zero attached hydrogens (tertiary/aromatic N) is 3. The third kappa shape index (κ3) is 3.39. The van der Waals surface area contributed by atoms with E-state index in [1.54, 1.807) is 0 Å². The average Bonchev–Trinajstić information content (AvgIpc) is 2.80. The summed E-state index contributed by atoms with van der Waals surface area (Å²) in [6.07, 6.45) is 3.59. The van der Waals surface area contributed by atoms with Gasteiger partial charge in [0.15, 0.2) is 0 Å². The summed E-state index contributed by atoms with van der Waals surface area (Å²) in [4.78, 5) is 11.2. The first kappa shape index (κ1) is 15.0. The zero-order valence-electron chi connectivity index (χ0n) is 13.0. The number of anilines is 1. The van der Waals surface area contributed by atoms with Gasteiger partial charge in [0.25, 0.3) is 0 Å². The van der Waals surface area contributed by atoms with Crippen molar-refractivity contribution < 1.29 is 4.74 Å². The highest BCUT2D eigenvalue weighted by molar-refractivity contribution is 5.44. The lowest BCUT2D eigenvalue weighted by atomic mass is 10.1. The predicted octanol–water partition coefficient (Wildman–Crippen LogP) is 2.35. The van der Waals surface area contributed by atoms with Crippen LogP contribution in [-0.2, 0) is 0 Å². The van der Waals surface area contributed by atoms with E-state index < -0.39 is 0 Å². The van der Waals surface area contributed by atoms with Gasteiger partial charge < -0.3 is 15.4 Å². The van der Waals surface area contributed by atoms with E-state index in [2.05, 4.69) is 35.8 Å². The zero-order valence-corrected chi connectivity index (χ0v) is 13.0. The van der Waals surface area contributed by atoms with E-state index in [0.717, 1.165) is 17.8 Å². The first-order valence-corrected chi connectivity index (χ1v) is 7.46. The Morgan fingerprint density at radius 3 is 2.75 bits per heavy atom. The summed E-state index contributed by atoms with van der Waals surface area (Å²) in [5, 5.41) is 0. The molecule has 0 aliphatic carbocycles. The van der Waals surface area contributed by atoms with Gasteiger partial charge in [0.05, 0.1) is 12.2 Å². The summed E-state index contributed by atoms with van der Waals surface area (Å²) in [5.41, 5.74) is 6.78. The van der Waals surface area contributed by atoms with E-state index in [9.17, 15) is 0 Å². The summed E-state index contributed by atoms with van der Waals surface area (Å²) in [7, 11) is 2.18. The predicted molar refractivity (Wildman–Crippen MR) is 81.0 cm³/mol. The Labute approximate surface area is 121 Å². The van der Waals surface area contributed by atoms with Crippen molar-refractivity contribution in [2.24, 2.45) is 0 Å². The molecule has 0 saturated carbocycles. The molecule has 1 atom stereocenters. The Kier molecular flexibility index (Phi) is 4.81. The highest BCUT2D eigenvalue weighted by Crippen LogP contribution is 2.24. The van der Waals surface area contributed by atoms with E-state index in [-0.39, 0.29) is 5.92 Å². The monoisotopic (exact) mass is 278 g/mol. The number of ether oxygens (including phenoxy) is 1. The Hall–Kier alpha value is -1.36. The molecule has 1 aliphatic rings. The van der Waals surface area contributed by atoms with Gasteiger partial charge in [0.1, 0.15) is 11.6 Å². The summed E-state index contributed by atoms with van der Waals surface area (Å²) in [6, 6.07) is 0.638. The second-order valence-corrected chi connectivity index (χ2v) is 5.97. The third-order valence-corrected chi connectivity index (χ3v) is 4.03. The van der Waals surface area contributed by atoms with Crippen LogP contribution in [0.3, 0.4) is 0 Å². The molecule has 2 rings (SSSR count). The van der Waals surface area contributed by atoms with Gasteiger partial charge in [-0.2, -0.15) is 4.98 Å². The first-order valence-electron chi connectivity index (χ1n) is 7.46. The lowest BCUT2D eigenvalue weighted by Crippen LogP contribution is -2.26. The summed E-state index contributed by atoms with van der Waals surface area (Å²) >= 11 is 0. The summed E-state index contributed by atoms with van der Waals surface area (Å²) < 4.78 is 5.86. The molecule has 0 amide bonds. The normalized spacial score (nSPS) is 19.8. The maximum absolute atomic E-state index is 5.94. The van der Waals surface area contributed by atoms with Crippen LogP contribution in [0.15, 0.2) is 0 Å². The Balaban J connectivity index is 1.98.